The molecule has 1 amide bonds. The van der Waals surface area contributed by atoms with Crippen LogP contribution in [0.1, 0.15) is 24.8 Å². The van der Waals surface area contributed by atoms with Crippen molar-refractivity contribution in [3.63, 3.8) is 0 Å². The number of unbranched alkanes of at least 4 members (excludes halogenated alkanes) is 2. The normalized spacial score (nSPS) is 13.2. The van der Waals surface area contributed by atoms with E-state index in [1.807, 2.05) is 12.1 Å². The van der Waals surface area contributed by atoms with E-state index in [1.54, 1.807) is 24.1 Å². The van der Waals surface area contributed by atoms with E-state index in [0.29, 0.717) is 17.1 Å². The minimum absolute atomic E-state index is 0.0235. The Morgan fingerprint density at radius 3 is 2.95 bits per heavy atom. The fourth-order valence-corrected chi connectivity index (χ4v) is 2.44. The second-order valence-electron chi connectivity index (χ2n) is 5.15. The molecule has 0 unspecified atom stereocenters. The first-order valence-corrected chi connectivity index (χ1v) is 7.49. The lowest BCUT2D eigenvalue weighted by Crippen LogP contribution is -2.31. The number of ether oxygens (including phenoxy) is 1. The van der Waals surface area contributed by atoms with Crippen LogP contribution in [-0.4, -0.2) is 42.7 Å². The second-order valence-corrected chi connectivity index (χ2v) is 5.59. The van der Waals surface area contributed by atoms with E-state index < -0.39 is 0 Å². The number of fused-ring (bicyclic) bond motifs is 1. The van der Waals surface area contributed by atoms with Crippen LogP contribution in [0.3, 0.4) is 0 Å². The van der Waals surface area contributed by atoms with Crippen molar-refractivity contribution in [3.05, 3.63) is 34.4 Å². The van der Waals surface area contributed by atoms with E-state index in [0.717, 1.165) is 30.6 Å². The van der Waals surface area contributed by atoms with E-state index in [1.165, 1.54) is 0 Å². The molecule has 1 aromatic rings. The van der Waals surface area contributed by atoms with Crippen molar-refractivity contribution in [3.8, 4) is 5.75 Å². The molecule has 0 saturated carbocycles. The fourth-order valence-electron chi connectivity index (χ4n) is 2.26. The summed E-state index contributed by atoms with van der Waals surface area (Å²) >= 11 is 5.96. The number of hydrogen-bond donors (Lipinski definition) is 1. The number of aliphatic hydroxyl groups is 1. The van der Waals surface area contributed by atoms with Gasteiger partial charge < -0.3 is 14.7 Å². The summed E-state index contributed by atoms with van der Waals surface area (Å²) in [6, 6.07) is 5.38. The smallest absolute Gasteiger partial charge is 0.252 e. The molecule has 0 fully saturated rings. The van der Waals surface area contributed by atoms with Crippen molar-refractivity contribution in [2.75, 3.05) is 26.8 Å². The maximum atomic E-state index is 12.4. The van der Waals surface area contributed by atoms with Crippen molar-refractivity contribution in [1.29, 1.82) is 0 Å². The number of benzene rings is 1. The van der Waals surface area contributed by atoms with Crippen molar-refractivity contribution in [2.45, 2.75) is 19.3 Å². The number of hydrogen-bond acceptors (Lipinski definition) is 3. The predicted octanol–water partition coefficient (Wildman–Crippen LogP) is 2.74. The average molecular weight is 310 g/mol. The molecule has 0 radical (unpaired) electrons. The van der Waals surface area contributed by atoms with Crippen molar-refractivity contribution >= 4 is 23.6 Å². The molecule has 1 aromatic carbocycles. The molecule has 1 aliphatic rings. The summed E-state index contributed by atoms with van der Waals surface area (Å²) in [6.45, 7) is 1.17. The highest BCUT2D eigenvalue weighted by Gasteiger charge is 2.20. The van der Waals surface area contributed by atoms with Crippen molar-refractivity contribution in [2.24, 2.45) is 0 Å². The van der Waals surface area contributed by atoms with Gasteiger partial charge in [-0.3, -0.25) is 4.79 Å². The molecule has 2 rings (SSSR count). The van der Waals surface area contributed by atoms with Crippen LogP contribution in [0.15, 0.2) is 23.8 Å². The van der Waals surface area contributed by atoms with Gasteiger partial charge in [0.2, 0.25) is 0 Å². The van der Waals surface area contributed by atoms with Crippen LogP contribution in [0, 0.1) is 0 Å². The van der Waals surface area contributed by atoms with Gasteiger partial charge in [0.25, 0.3) is 5.91 Å². The van der Waals surface area contributed by atoms with Gasteiger partial charge in [-0.2, -0.15) is 0 Å². The number of likely N-dealkylation sites (N-methyl/N-ethyl adjacent to an activating group) is 1. The molecule has 0 bridgehead atoms. The molecule has 0 saturated heterocycles. The standard InChI is InChI=1S/C16H20ClNO3/c1-18(7-3-2-4-8-19)16(20)13-9-12-10-14(17)5-6-15(12)21-11-13/h5-6,9-10,19H,2-4,7-8,11H2,1H3. The van der Waals surface area contributed by atoms with Crippen LogP contribution in [0.4, 0.5) is 0 Å². The quantitative estimate of drug-likeness (QED) is 0.822. The third-order valence-electron chi connectivity index (χ3n) is 3.46. The summed E-state index contributed by atoms with van der Waals surface area (Å²) in [6.07, 6.45) is 4.43. The summed E-state index contributed by atoms with van der Waals surface area (Å²) in [4.78, 5) is 14.0. The van der Waals surface area contributed by atoms with E-state index in [-0.39, 0.29) is 19.1 Å². The maximum absolute atomic E-state index is 12.4. The molecule has 0 spiro atoms. The number of nitrogens with zero attached hydrogens (tertiary/aromatic N) is 1. The summed E-state index contributed by atoms with van der Waals surface area (Å²) in [5.74, 6) is 0.728. The number of halogens is 1. The monoisotopic (exact) mass is 309 g/mol. The molecule has 0 aromatic heterocycles. The molecule has 1 aliphatic heterocycles. The number of rotatable bonds is 6. The maximum Gasteiger partial charge on any atom is 0.252 e. The summed E-state index contributed by atoms with van der Waals surface area (Å²) < 4.78 is 5.60. The third kappa shape index (κ3) is 4.22. The SMILES string of the molecule is CN(CCCCCO)C(=O)C1=Cc2cc(Cl)ccc2OC1. The average Bonchev–Trinajstić information content (AvgIpc) is 2.49. The van der Waals surface area contributed by atoms with Gasteiger partial charge in [-0.05, 0) is 43.5 Å². The van der Waals surface area contributed by atoms with Gasteiger partial charge in [0.1, 0.15) is 12.4 Å². The molecule has 0 atom stereocenters. The molecular formula is C16H20ClNO3. The van der Waals surface area contributed by atoms with E-state index in [4.69, 9.17) is 21.4 Å². The van der Waals surface area contributed by atoms with Crippen molar-refractivity contribution in [1.82, 2.24) is 4.90 Å². The number of amides is 1. The lowest BCUT2D eigenvalue weighted by Gasteiger charge is -2.22. The van der Waals surface area contributed by atoms with Gasteiger partial charge in [-0.1, -0.05) is 11.6 Å². The molecule has 1 N–H and O–H groups in total. The van der Waals surface area contributed by atoms with Crippen LogP contribution in [0.5, 0.6) is 5.75 Å². The largest absolute Gasteiger partial charge is 0.488 e. The topological polar surface area (TPSA) is 49.8 Å². The summed E-state index contributed by atoms with van der Waals surface area (Å²) in [7, 11) is 1.79. The lowest BCUT2D eigenvalue weighted by molar-refractivity contribution is -0.126. The Hall–Kier alpha value is -1.52. The van der Waals surface area contributed by atoms with Crippen molar-refractivity contribution < 1.29 is 14.6 Å². The number of carbonyl (C=O) groups is 1. The lowest BCUT2D eigenvalue weighted by atomic mass is 10.1. The van der Waals surface area contributed by atoms with Gasteiger partial charge in [0.15, 0.2) is 0 Å². The predicted molar refractivity (Wildman–Crippen MR) is 83.5 cm³/mol. The zero-order chi connectivity index (χ0) is 15.2. The number of aliphatic hydroxyl groups excluding tert-OH is 1. The molecule has 21 heavy (non-hydrogen) atoms. The Kier molecular flexibility index (Phi) is 5.65. The highest BCUT2D eigenvalue weighted by molar-refractivity contribution is 6.30. The Labute approximate surface area is 130 Å². The second kappa shape index (κ2) is 7.48. The van der Waals surface area contributed by atoms with Gasteiger partial charge >= 0.3 is 0 Å². The van der Waals surface area contributed by atoms with Gasteiger partial charge in [-0.15, -0.1) is 0 Å². The molecule has 0 aliphatic carbocycles. The Morgan fingerprint density at radius 2 is 2.19 bits per heavy atom. The number of carbonyl (C=O) groups excluding carboxylic acids is 1. The van der Waals surface area contributed by atoms with E-state index >= 15 is 0 Å². The molecule has 1 heterocycles. The van der Waals surface area contributed by atoms with E-state index in [9.17, 15) is 4.79 Å². The zero-order valence-corrected chi connectivity index (χ0v) is 12.9. The third-order valence-corrected chi connectivity index (χ3v) is 3.69. The first-order chi connectivity index (χ1) is 10.1. The Bertz CT molecular complexity index is 542. The van der Waals surface area contributed by atoms with Gasteiger partial charge in [0.05, 0.1) is 5.57 Å². The first-order valence-electron chi connectivity index (χ1n) is 7.11. The van der Waals surface area contributed by atoms with Crippen LogP contribution >= 0.6 is 11.6 Å². The Morgan fingerprint density at radius 1 is 1.38 bits per heavy atom. The van der Waals surface area contributed by atoms with E-state index in [2.05, 4.69) is 0 Å². The first kappa shape index (κ1) is 15.9. The minimum Gasteiger partial charge on any atom is -0.488 e. The summed E-state index contributed by atoms with van der Waals surface area (Å²) in [5.41, 5.74) is 1.47. The highest BCUT2D eigenvalue weighted by Crippen LogP contribution is 2.29. The molecular weight excluding hydrogens is 290 g/mol. The molecule has 114 valence electrons. The van der Waals surface area contributed by atoms with Crippen LogP contribution in [-0.2, 0) is 4.79 Å². The van der Waals surface area contributed by atoms with Gasteiger partial charge in [0, 0.05) is 30.8 Å². The van der Waals surface area contributed by atoms with Crippen LogP contribution in [0.25, 0.3) is 6.08 Å². The Balaban J connectivity index is 1.99. The van der Waals surface area contributed by atoms with Gasteiger partial charge in [-0.25, -0.2) is 0 Å². The highest BCUT2D eigenvalue weighted by atomic mass is 35.5. The minimum atomic E-state index is -0.0235. The molecule has 5 heteroatoms. The fraction of sp³-hybridized carbons (Fsp3) is 0.438. The van der Waals surface area contributed by atoms with Crippen LogP contribution in [0.2, 0.25) is 5.02 Å². The molecule has 4 nitrogen and oxygen atoms in total. The van der Waals surface area contributed by atoms with Crippen LogP contribution < -0.4 is 4.74 Å². The summed E-state index contributed by atoms with van der Waals surface area (Å²) in [5, 5.41) is 9.37. The zero-order valence-electron chi connectivity index (χ0n) is 12.1.